The third-order valence-corrected chi connectivity index (χ3v) is 5.54. The van der Waals surface area contributed by atoms with Crippen molar-refractivity contribution in [3.8, 4) is 23.1 Å². The summed E-state index contributed by atoms with van der Waals surface area (Å²) in [6.07, 6.45) is 1.43. The Kier molecular flexibility index (Phi) is 5.76. The van der Waals surface area contributed by atoms with Crippen LogP contribution in [-0.2, 0) is 0 Å². The zero-order chi connectivity index (χ0) is 24.4. The molecular weight excluding hydrogens is 444 g/mol. The first-order valence-electron chi connectivity index (χ1n) is 10.9. The molecule has 0 saturated carbocycles. The van der Waals surface area contributed by atoms with E-state index in [1.807, 2.05) is 51.1 Å². The predicted octanol–water partition coefficient (Wildman–Crippen LogP) is 4.21. The molecule has 35 heavy (non-hydrogen) atoms. The second-order valence-electron chi connectivity index (χ2n) is 7.87. The number of benzene rings is 2. The number of aromatic nitrogens is 7. The van der Waals surface area contributed by atoms with Gasteiger partial charge in [-0.05, 0) is 68.8 Å². The number of rotatable bonds is 6. The molecule has 3 aromatic heterocycles. The molecule has 1 amide bonds. The molecule has 0 bridgehead atoms. The Labute approximate surface area is 201 Å². The summed E-state index contributed by atoms with van der Waals surface area (Å²) in [5.41, 5.74) is 4.68. The van der Waals surface area contributed by atoms with Gasteiger partial charge in [0.1, 0.15) is 5.75 Å². The van der Waals surface area contributed by atoms with Gasteiger partial charge < -0.3 is 10.1 Å². The van der Waals surface area contributed by atoms with Crippen LogP contribution in [0.15, 0.2) is 72.9 Å². The van der Waals surface area contributed by atoms with Crippen LogP contribution in [-0.4, -0.2) is 40.9 Å². The van der Waals surface area contributed by atoms with Gasteiger partial charge in [0.2, 0.25) is 5.88 Å². The van der Waals surface area contributed by atoms with Crippen LogP contribution in [0.2, 0.25) is 0 Å². The number of ether oxygens (including phenoxy) is 1. The van der Waals surface area contributed by atoms with Gasteiger partial charge in [0.25, 0.3) is 5.91 Å². The molecule has 0 spiro atoms. The summed E-state index contributed by atoms with van der Waals surface area (Å²) in [6.45, 7) is 5.98. The summed E-state index contributed by atoms with van der Waals surface area (Å²) in [5, 5.41) is 24.1. The molecular formula is C25H22N8O2. The van der Waals surface area contributed by atoms with Crippen LogP contribution in [0, 0.1) is 20.8 Å². The van der Waals surface area contributed by atoms with E-state index in [2.05, 4.69) is 30.8 Å². The fraction of sp³-hybridized carbons (Fsp3) is 0.120. The minimum atomic E-state index is -0.360. The Bertz CT molecular complexity index is 1470. The van der Waals surface area contributed by atoms with Gasteiger partial charge in [-0.3, -0.25) is 4.79 Å². The molecule has 174 valence electrons. The molecule has 2 aromatic carbocycles. The second-order valence-corrected chi connectivity index (χ2v) is 7.87. The van der Waals surface area contributed by atoms with E-state index in [1.165, 1.54) is 11.0 Å². The summed E-state index contributed by atoms with van der Waals surface area (Å²) in [6, 6.07) is 19.8. The number of hydrogen-bond acceptors (Lipinski definition) is 7. The van der Waals surface area contributed by atoms with Crippen molar-refractivity contribution in [2.45, 2.75) is 20.8 Å². The lowest BCUT2D eigenvalue weighted by atomic mass is 10.2. The van der Waals surface area contributed by atoms with Crippen LogP contribution in [0.4, 0.5) is 5.69 Å². The van der Waals surface area contributed by atoms with Crippen molar-refractivity contribution in [3.63, 3.8) is 0 Å². The van der Waals surface area contributed by atoms with E-state index >= 15 is 0 Å². The SMILES string of the molecule is Cc1nn(-c2ccc(Oc3ccc(NC(=O)c4cnn(-c5ccccc5)n4)cc3)nn2)c(C)c1C. The summed E-state index contributed by atoms with van der Waals surface area (Å²) < 4.78 is 7.54. The van der Waals surface area contributed by atoms with Crippen molar-refractivity contribution >= 4 is 11.6 Å². The van der Waals surface area contributed by atoms with E-state index in [1.54, 1.807) is 41.1 Å². The number of carbonyl (C=O) groups is 1. The third kappa shape index (κ3) is 4.62. The molecule has 5 rings (SSSR count). The number of aryl methyl sites for hydroxylation is 1. The highest BCUT2D eigenvalue weighted by molar-refractivity contribution is 6.02. The highest BCUT2D eigenvalue weighted by Gasteiger charge is 2.13. The molecule has 10 nitrogen and oxygen atoms in total. The molecule has 3 heterocycles. The molecule has 0 saturated heterocycles. The standard InChI is InChI=1S/C25H22N8O2/c1-16-17(2)30-32(18(16)3)23-13-14-24(29-28-23)35-21-11-9-19(10-12-21)27-25(34)22-15-26-33(31-22)20-7-5-4-6-8-20/h4-15H,1-3H3,(H,27,34). The minimum absolute atomic E-state index is 0.211. The van der Waals surface area contributed by atoms with Gasteiger partial charge in [-0.2, -0.15) is 15.0 Å². The van der Waals surface area contributed by atoms with Crippen LogP contribution < -0.4 is 10.1 Å². The maximum Gasteiger partial charge on any atom is 0.277 e. The van der Waals surface area contributed by atoms with Crippen LogP contribution in [0.25, 0.3) is 11.5 Å². The Balaban J connectivity index is 1.22. The minimum Gasteiger partial charge on any atom is -0.438 e. The quantitative estimate of drug-likeness (QED) is 0.399. The van der Waals surface area contributed by atoms with Crippen LogP contribution in [0.1, 0.15) is 27.4 Å². The number of nitrogens with one attached hydrogen (secondary N) is 1. The normalized spacial score (nSPS) is 10.8. The lowest BCUT2D eigenvalue weighted by Gasteiger charge is -2.07. The molecule has 10 heteroatoms. The summed E-state index contributed by atoms with van der Waals surface area (Å²) in [5.74, 6) is 1.17. The average molecular weight is 467 g/mol. The highest BCUT2D eigenvalue weighted by atomic mass is 16.5. The third-order valence-electron chi connectivity index (χ3n) is 5.54. The maximum absolute atomic E-state index is 12.5. The number of para-hydroxylation sites is 1. The topological polar surface area (TPSA) is 113 Å². The van der Waals surface area contributed by atoms with E-state index < -0.39 is 0 Å². The molecule has 0 unspecified atom stereocenters. The van der Waals surface area contributed by atoms with Crippen molar-refractivity contribution in [2.24, 2.45) is 0 Å². The summed E-state index contributed by atoms with van der Waals surface area (Å²) in [4.78, 5) is 14.0. The van der Waals surface area contributed by atoms with E-state index in [4.69, 9.17) is 4.74 Å². The number of nitrogens with zero attached hydrogens (tertiary/aromatic N) is 7. The van der Waals surface area contributed by atoms with Crippen molar-refractivity contribution in [1.82, 2.24) is 35.0 Å². The smallest absolute Gasteiger partial charge is 0.277 e. The molecule has 5 aromatic rings. The second kappa shape index (κ2) is 9.18. The highest BCUT2D eigenvalue weighted by Crippen LogP contribution is 2.22. The first kappa shape index (κ1) is 22.0. The van der Waals surface area contributed by atoms with Gasteiger partial charge in [0.05, 0.1) is 17.6 Å². The lowest BCUT2D eigenvalue weighted by Crippen LogP contribution is -2.13. The molecule has 0 radical (unpaired) electrons. The molecule has 0 aliphatic rings. The van der Waals surface area contributed by atoms with Crippen LogP contribution in [0.5, 0.6) is 11.6 Å². The fourth-order valence-electron chi connectivity index (χ4n) is 3.40. The number of anilines is 1. The van der Waals surface area contributed by atoms with Crippen LogP contribution in [0.3, 0.4) is 0 Å². The maximum atomic E-state index is 12.5. The molecule has 0 fully saturated rings. The molecule has 0 atom stereocenters. The Morgan fingerprint density at radius 3 is 2.31 bits per heavy atom. The number of hydrogen-bond donors (Lipinski definition) is 1. The van der Waals surface area contributed by atoms with Gasteiger partial charge in [-0.15, -0.1) is 15.3 Å². The van der Waals surface area contributed by atoms with Gasteiger partial charge in [0.15, 0.2) is 11.5 Å². The Morgan fingerprint density at radius 1 is 0.886 bits per heavy atom. The predicted molar refractivity (Wildman–Crippen MR) is 129 cm³/mol. The zero-order valence-corrected chi connectivity index (χ0v) is 19.4. The Hall–Kier alpha value is -4.86. The lowest BCUT2D eigenvalue weighted by molar-refractivity contribution is 0.102. The van der Waals surface area contributed by atoms with Crippen molar-refractivity contribution in [1.29, 1.82) is 0 Å². The molecule has 0 aliphatic heterocycles. The summed E-state index contributed by atoms with van der Waals surface area (Å²) in [7, 11) is 0. The van der Waals surface area contributed by atoms with Crippen molar-refractivity contribution < 1.29 is 9.53 Å². The van der Waals surface area contributed by atoms with E-state index in [9.17, 15) is 4.79 Å². The first-order valence-corrected chi connectivity index (χ1v) is 10.9. The van der Waals surface area contributed by atoms with Gasteiger partial charge in [-0.25, -0.2) is 4.68 Å². The van der Waals surface area contributed by atoms with Crippen molar-refractivity contribution in [3.05, 3.63) is 95.6 Å². The van der Waals surface area contributed by atoms with Crippen molar-refractivity contribution in [2.75, 3.05) is 5.32 Å². The number of amides is 1. The first-order chi connectivity index (χ1) is 17.0. The monoisotopic (exact) mass is 466 g/mol. The van der Waals surface area contributed by atoms with Gasteiger partial charge in [0, 0.05) is 17.4 Å². The van der Waals surface area contributed by atoms with Gasteiger partial charge in [-0.1, -0.05) is 18.2 Å². The summed E-state index contributed by atoms with van der Waals surface area (Å²) >= 11 is 0. The van der Waals surface area contributed by atoms with E-state index in [0.717, 1.165) is 22.6 Å². The fourth-order valence-corrected chi connectivity index (χ4v) is 3.40. The molecule has 1 N–H and O–H groups in total. The average Bonchev–Trinajstić information content (AvgIpc) is 3.48. The zero-order valence-electron chi connectivity index (χ0n) is 19.4. The van der Waals surface area contributed by atoms with E-state index in [0.29, 0.717) is 23.1 Å². The largest absolute Gasteiger partial charge is 0.438 e. The van der Waals surface area contributed by atoms with Gasteiger partial charge >= 0.3 is 0 Å². The van der Waals surface area contributed by atoms with E-state index in [-0.39, 0.29) is 11.6 Å². The Morgan fingerprint density at radius 2 is 1.66 bits per heavy atom. The number of carbonyl (C=O) groups excluding carboxylic acids is 1. The molecule has 0 aliphatic carbocycles. The van der Waals surface area contributed by atoms with Crippen LogP contribution >= 0.6 is 0 Å².